The molecule has 1 heterocycles. The minimum atomic E-state index is -0.287. The van der Waals surface area contributed by atoms with Crippen LogP contribution in [0.15, 0.2) is 10.5 Å². The van der Waals surface area contributed by atoms with Gasteiger partial charge in [-0.25, -0.2) is 0 Å². The molecule has 3 rings (SSSR count). The Morgan fingerprint density at radius 2 is 2.00 bits per heavy atom. The third-order valence-electron chi connectivity index (χ3n) is 4.04. The van der Waals surface area contributed by atoms with E-state index in [-0.39, 0.29) is 11.6 Å². The minimum absolute atomic E-state index is 0.000972. The minimum Gasteiger partial charge on any atom is -0.493 e. The zero-order valence-corrected chi connectivity index (χ0v) is 12.7. The zero-order chi connectivity index (χ0) is 13.6. The van der Waals surface area contributed by atoms with Gasteiger partial charge in [0.05, 0.1) is 22.8 Å². The van der Waals surface area contributed by atoms with E-state index >= 15 is 0 Å². The molecule has 4 nitrogen and oxygen atoms in total. The van der Waals surface area contributed by atoms with Crippen molar-refractivity contribution in [2.24, 2.45) is 0 Å². The van der Waals surface area contributed by atoms with E-state index in [0.29, 0.717) is 11.3 Å². The Hall–Kier alpha value is -1.23. The lowest BCUT2D eigenvalue weighted by Crippen LogP contribution is -2.56. The van der Waals surface area contributed by atoms with Crippen molar-refractivity contribution in [2.45, 2.75) is 38.3 Å². The number of carbonyl (C=O) groups excluding carboxylic acids is 1. The molecule has 1 aliphatic carbocycles. The topological polar surface area (TPSA) is 50.4 Å². The first-order valence-electron chi connectivity index (χ1n) is 6.54. The van der Waals surface area contributed by atoms with Crippen molar-refractivity contribution in [2.75, 3.05) is 12.4 Å². The number of hydrogen-bond acceptors (Lipinski definition) is 3. The van der Waals surface area contributed by atoms with Crippen LogP contribution in [0.5, 0.6) is 5.75 Å². The van der Waals surface area contributed by atoms with E-state index in [4.69, 9.17) is 4.74 Å². The summed E-state index contributed by atoms with van der Waals surface area (Å²) in [6, 6.07) is 1.92. The van der Waals surface area contributed by atoms with Crippen molar-refractivity contribution in [3.8, 4) is 5.75 Å². The second kappa shape index (κ2) is 4.40. The van der Waals surface area contributed by atoms with Crippen molar-refractivity contribution in [1.29, 1.82) is 0 Å². The van der Waals surface area contributed by atoms with E-state index in [0.717, 1.165) is 41.4 Å². The Balaban J connectivity index is 2.17. The van der Waals surface area contributed by atoms with Gasteiger partial charge in [-0.05, 0) is 60.2 Å². The third-order valence-corrected chi connectivity index (χ3v) is 4.63. The van der Waals surface area contributed by atoms with Gasteiger partial charge < -0.3 is 15.4 Å². The third kappa shape index (κ3) is 1.91. The molecule has 0 atom stereocenters. The van der Waals surface area contributed by atoms with Crippen molar-refractivity contribution in [1.82, 2.24) is 5.32 Å². The van der Waals surface area contributed by atoms with Crippen LogP contribution in [-0.4, -0.2) is 18.7 Å². The summed E-state index contributed by atoms with van der Waals surface area (Å²) in [7, 11) is 1.63. The molecule has 0 aromatic heterocycles. The molecule has 19 heavy (non-hydrogen) atoms. The molecule has 2 N–H and O–H groups in total. The van der Waals surface area contributed by atoms with Crippen LogP contribution in [0.3, 0.4) is 0 Å². The Morgan fingerprint density at radius 1 is 1.32 bits per heavy atom. The highest BCUT2D eigenvalue weighted by Gasteiger charge is 2.41. The largest absolute Gasteiger partial charge is 0.493 e. The molecular weight excluding hydrogens is 308 g/mol. The number of ether oxygens (including phenoxy) is 1. The van der Waals surface area contributed by atoms with Crippen molar-refractivity contribution in [3.63, 3.8) is 0 Å². The van der Waals surface area contributed by atoms with Gasteiger partial charge in [-0.15, -0.1) is 0 Å². The number of anilines is 1. The smallest absolute Gasteiger partial charge is 0.255 e. The first-order chi connectivity index (χ1) is 9.06. The highest BCUT2D eigenvalue weighted by atomic mass is 79.9. The molecule has 2 aliphatic rings. The molecule has 1 aliphatic heterocycles. The number of nitrogens with one attached hydrogen (secondary N) is 2. The summed E-state index contributed by atoms with van der Waals surface area (Å²) in [6.45, 7) is 1.94. The van der Waals surface area contributed by atoms with Crippen LogP contribution in [0.2, 0.25) is 0 Å². The highest BCUT2D eigenvalue weighted by Crippen LogP contribution is 2.44. The first kappa shape index (κ1) is 12.8. The Bertz CT molecular complexity index is 551. The van der Waals surface area contributed by atoms with E-state index < -0.39 is 0 Å². The standard InChI is InChI=1S/C14H17BrN2O2/c1-8-7-9(15)12(19-2)11-10(8)13(18)17-14(16-11)5-3-4-6-14/h7,16H,3-6H2,1-2H3,(H,17,18). The molecule has 1 amide bonds. The van der Waals surface area contributed by atoms with Crippen molar-refractivity contribution < 1.29 is 9.53 Å². The first-order valence-corrected chi connectivity index (χ1v) is 7.33. The van der Waals surface area contributed by atoms with Gasteiger partial charge in [0, 0.05) is 0 Å². The Kier molecular flexibility index (Phi) is 2.96. The maximum absolute atomic E-state index is 12.4. The number of amides is 1. The molecule has 1 aromatic rings. The lowest BCUT2D eigenvalue weighted by Gasteiger charge is -2.38. The summed E-state index contributed by atoms with van der Waals surface area (Å²) in [6.07, 6.45) is 4.20. The fourth-order valence-electron chi connectivity index (χ4n) is 3.15. The molecule has 0 bridgehead atoms. The number of fused-ring (bicyclic) bond motifs is 1. The maximum Gasteiger partial charge on any atom is 0.255 e. The Morgan fingerprint density at radius 3 is 2.63 bits per heavy atom. The van der Waals surface area contributed by atoms with E-state index in [1.807, 2.05) is 13.0 Å². The van der Waals surface area contributed by atoms with Crippen molar-refractivity contribution >= 4 is 27.5 Å². The van der Waals surface area contributed by atoms with E-state index in [1.54, 1.807) is 7.11 Å². The molecule has 1 spiro atoms. The normalized spacial score (nSPS) is 19.8. The molecule has 1 aromatic carbocycles. The number of rotatable bonds is 1. The summed E-state index contributed by atoms with van der Waals surface area (Å²) < 4.78 is 6.34. The number of aryl methyl sites for hydroxylation is 1. The van der Waals surface area contributed by atoms with Gasteiger partial charge in [0.15, 0.2) is 5.75 Å². The van der Waals surface area contributed by atoms with Crippen LogP contribution in [0, 0.1) is 6.92 Å². The van der Waals surface area contributed by atoms with Crippen LogP contribution in [0.4, 0.5) is 5.69 Å². The predicted molar refractivity (Wildman–Crippen MR) is 77.7 cm³/mol. The molecule has 102 valence electrons. The average Bonchev–Trinajstić information content (AvgIpc) is 2.76. The fourth-order valence-corrected chi connectivity index (χ4v) is 3.85. The second-order valence-electron chi connectivity index (χ2n) is 5.33. The van der Waals surface area contributed by atoms with Crippen molar-refractivity contribution in [3.05, 3.63) is 21.7 Å². The SMILES string of the molecule is COc1c(Br)cc(C)c2c1NC1(CCCC1)NC2=O. The van der Waals surface area contributed by atoms with E-state index in [1.165, 1.54) is 0 Å². The molecule has 0 saturated heterocycles. The van der Waals surface area contributed by atoms with Gasteiger partial charge in [-0.2, -0.15) is 0 Å². The molecule has 5 heteroatoms. The van der Waals surface area contributed by atoms with Crippen LogP contribution < -0.4 is 15.4 Å². The summed E-state index contributed by atoms with van der Waals surface area (Å²) >= 11 is 3.51. The fraction of sp³-hybridized carbons (Fsp3) is 0.500. The zero-order valence-electron chi connectivity index (χ0n) is 11.1. The Labute approximate surface area is 121 Å². The van der Waals surface area contributed by atoms with Gasteiger partial charge in [0.1, 0.15) is 5.66 Å². The summed E-state index contributed by atoms with van der Waals surface area (Å²) in [5.41, 5.74) is 2.17. The molecule has 1 saturated carbocycles. The molecule has 0 unspecified atom stereocenters. The quantitative estimate of drug-likeness (QED) is 0.834. The number of benzene rings is 1. The molecule has 1 fully saturated rings. The predicted octanol–water partition coefficient (Wildman–Crippen LogP) is 3.19. The lowest BCUT2D eigenvalue weighted by molar-refractivity contribution is 0.0901. The van der Waals surface area contributed by atoms with Gasteiger partial charge in [-0.3, -0.25) is 4.79 Å². The van der Waals surface area contributed by atoms with Gasteiger partial charge in [0.25, 0.3) is 5.91 Å². The summed E-state index contributed by atoms with van der Waals surface area (Å²) in [4.78, 5) is 12.4. The summed E-state index contributed by atoms with van der Waals surface area (Å²) in [5.74, 6) is 0.709. The summed E-state index contributed by atoms with van der Waals surface area (Å²) in [5, 5.41) is 6.66. The number of halogens is 1. The average molecular weight is 325 g/mol. The molecular formula is C14H17BrN2O2. The molecule has 0 radical (unpaired) electrons. The van der Waals surface area contributed by atoms with Crippen LogP contribution >= 0.6 is 15.9 Å². The number of carbonyl (C=O) groups is 1. The monoisotopic (exact) mass is 324 g/mol. The second-order valence-corrected chi connectivity index (χ2v) is 6.18. The number of hydrogen-bond donors (Lipinski definition) is 2. The van der Waals surface area contributed by atoms with E-state index in [9.17, 15) is 4.79 Å². The highest BCUT2D eigenvalue weighted by molar-refractivity contribution is 9.10. The van der Waals surface area contributed by atoms with Gasteiger partial charge in [0.2, 0.25) is 0 Å². The van der Waals surface area contributed by atoms with E-state index in [2.05, 4.69) is 26.6 Å². The maximum atomic E-state index is 12.4. The van der Waals surface area contributed by atoms with Gasteiger partial charge >= 0.3 is 0 Å². The van der Waals surface area contributed by atoms with Crippen LogP contribution in [0.1, 0.15) is 41.6 Å². The number of methoxy groups -OCH3 is 1. The van der Waals surface area contributed by atoms with Gasteiger partial charge in [-0.1, -0.05) is 0 Å². The van der Waals surface area contributed by atoms with Crippen LogP contribution in [0.25, 0.3) is 0 Å². The van der Waals surface area contributed by atoms with Crippen LogP contribution in [-0.2, 0) is 0 Å². The lowest BCUT2D eigenvalue weighted by atomic mass is 9.97.